The summed E-state index contributed by atoms with van der Waals surface area (Å²) in [4.78, 5) is 96.5. The number of aliphatic hydroxyl groups is 3. The third-order valence-corrected chi connectivity index (χ3v) is 8.94. The van der Waals surface area contributed by atoms with Crippen molar-refractivity contribution in [2.75, 3.05) is 72.0 Å². The second kappa shape index (κ2) is 23.2. The molecule has 4 atom stereocenters. The minimum absolute atomic E-state index is 0.309. The smallest absolute Gasteiger partial charge is 0.342 e. The van der Waals surface area contributed by atoms with Crippen LogP contribution in [-0.4, -0.2) is 174 Å². The molecular weight excluding hydrogens is 825 g/mol. The Morgan fingerprint density at radius 1 is 0.469 bits per heavy atom. The average molecular weight is 864 g/mol. The van der Waals surface area contributed by atoms with E-state index in [-0.39, 0.29) is 52.4 Å². The van der Waals surface area contributed by atoms with E-state index in [9.17, 15) is 82.5 Å². The zero-order valence-electron chi connectivity index (χ0n) is 24.7. The maximum atomic E-state index is 11.4. The molecular formula is C14H39N4O24P7. The molecule has 0 amide bonds. The highest BCUT2D eigenvalue weighted by atomic mass is 31.2. The third-order valence-electron chi connectivity index (χ3n) is 5.69. The monoisotopic (exact) mass is 864 g/mol. The molecule has 1 heterocycles. The SMILES string of the molecule is O=[PH](O)OC(O)(CN1CCN(CC(O)(OP(O)O)OP(O)O)CCN(OP(O)O)CCN(CC(O)(O[PH](=O)O)O[PH](=O)O)CC1)O[PH](=O)O. The van der Waals surface area contributed by atoms with E-state index in [4.69, 9.17) is 4.62 Å². The van der Waals surface area contributed by atoms with E-state index in [1.54, 1.807) is 0 Å². The lowest BCUT2D eigenvalue weighted by atomic mass is 10.3. The summed E-state index contributed by atoms with van der Waals surface area (Å²) in [7, 11) is -25.9. The quantitative estimate of drug-likeness (QED) is 0.0404. The Morgan fingerprint density at radius 2 is 0.735 bits per heavy atom. The van der Waals surface area contributed by atoms with Crippen molar-refractivity contribution in [3.8, 4) is 0 Å². The molecule has 1 saturated heterocycles. The Bertz CT molecular complexity index is 1040. The number of hydrogen-bond donors (Lipinski definition) is 13. The first-order valence-corrected chi connectivity index (χ1v) is 21.4. The topological polar surface area (TPSA) is 409 Å². The zero-order valence-corrected chi connectivity index (χ0v) is 31.4. The molecule has 0 aromatic rings. The Morgan fingerprint density at radius 3 is 0.980 bits per heavy atom. The van der Waals surface area contributed by atoms with Gasteiger partial charge in [0.2, 0.25) is 0 Å². The van der Waals surface area contributed by atoms with Gasteiger partial charge in [0.15, 0.2) is 0 Å². The first-order valence-electron chi connectivity index (χ1n) is 12.9. The summed E-state index contributed by atoms with van der Waals surface area (Å²) in [5.74, 6) is -9.49. The Kier molecular flexibility index (Phi) is 22.9. The van der Waals surface area contributed by atoms with Crippen molar-refractivity contribution in [1.29, 1.82) is 0 Å². The van der Waals surface area contributed by atoms with Gasteiger partial charge in [-0.3, -0.25) is 60.1 Å². The zero-order chi connectivity index (χ0) is 37.6. The Hall–Kier alpha value is 1.25. The highest BCUT2D eigenvalue weighted by molar-refractivity contribution is 7.40. The van der Waals surface area contributed by atoms with Crippen LogP contribution < -0.4 is 0 Å². The molecule has 0 spiro atoms. The van der Waals surface area contributed by atoms with E-state index in [1.165, 1.54) is 4.90 Å². The Balaban J connectivity index is 3.56. The summed E-state index contributed by atoms with van der Waals surface area (Å²) in [6, 6.07) is 0. The first kappa shape index (κ1) is 48.3. The largest absolute Gasteiger partial charge is 0.345 e. The first-order chi connectivity index (χ1) is 22.5. The lowest BCUT2D eigenvalue weighted by Crippen LogP contribution is -2.54. The van der Waals surface area contributed by atoms with Crippen molar-refractivity contribution in [2.45, 2.75) is 17.9 Å². The van der Waals surface area contributed by atoms with Crippen LogP contribution in [0, 0.1) is 0 Å². The number of hydrogen-bond acceptors (Lipinski definition) is 24. The third kappa shape index (κ3) is 22.3. The predicted molar refractivity (Wildman–Crippen MR) is 162 cm³/mol. The molecule has 4 unspecified atom stereocenters. The number of β-amino-alcohol motifs (C(OH)–C–C–N with tert-alkyl or cyclic N) is 3. The minimum Gasteiger partial charge on any atom is -0.342 e. The lowest BCUT2D eigenvalue weighted by molar-refractivity contribution is -0.289. The lowest BCUT2D eigenvalue weighted by Gasteiger charge is -2.38. The highest BCUT2D eigenvalue weighted by Crippen LogP contribution is 2.40. The number of hydroxylamine groups is 2. The molecule has 1 aliphatic rings. The van der Waals surface area contributed by atoms with Crippen molar-refractivity contribution in [2.24, 2.45) is 0 Å². The van der Waals surface area contributed by atoms with Crippen LogP contribution in [0.2, 0.25) is 0 Å². The van der Waals surface area contributed by atoms with Gasteiger partial charge >= 0.3 is 76.7 Å². The van der Waals surface area contributed by atoms with Crippen LogP contribution in [0.5, 0.6) is 0 Å². The molecule has 0 saturated carbocycles. The van der Waals surface area contributed by atoms with Gasteiger partial charge in [-0.2, -0.15) is 5.06 Å². The summed E-state index contributed by atoms with van der Waals surface area (Å²) in [6.07, 6.45) is 0. The fourth-order valence-corrected chi connectivity index (χ4v) is 6.88. The van der Waals surface area contributed by atoms with Crippen LogP contribution in [0.25, 0.3) is 0 Å². The van der Waals surface area contributed by atoms with Crippen LogP contribution in [0.15, 0.2) is 0 Å². The second-order valence-electron chi connectivity index (χ2n) is 9.39. The van der Waals surface area contributed by atoms with E-state index >= 15 is 0 Å². The van der Waals surface area contributed by atoms with E-state index in [1.807, 2.05) is 0 Å². The molecule has 28 nitrogen and oxygen atoms in total. The highest BCUT2D eigenvalue weighted by Gasteiger charge is 2.41. The average Bonchev–Trinajstić information content (AvgIpc) is 2.86. The fourth-order valence-electron chi connectivity index (χ4n) is 4.07. The molecule has 294 valence electrons. The van der Waals surface area contributed by atoms with Gasteiger partial charge in [0.25, 0.3) is 0 Å². The van der Waals surface area contributed by atoms with E-state index in [2.05, 4.69) is 27.1 Å². The fraction of sp³-hybridized carbons (Fsp3) is 1.00. The van der Waals surface area contributed by atoms with Gasteiger partial charge in [-0.25, -0.2) is 4.62 Å². The summed E-state index contributed by atoms with van der Waals surface area (Å²) in [6.45, 7) is -5.58. The second-order valence-corrected chi connectivity index (χ2v) is 14.4. The molecule has 1 rings (SSSR count). The van der Waals surface area contributed by atoms with E-state index in [0.717, 1.165) is 14.9 Å². The molecule has 49 heavy (non-hydrogen) atoms. The van der Waals surface area contributed by atoms with Crippen LogP contribution in [0.3, 0.4) is 0 Å². The van der Waals surface area contributed by atoms with Gasteiger partial charge < -0.3 is 64.3 Å². The minimum atomic E-state index is -4.04. The molecule has 35 heteroatoms. The molecule has 1 fully saturated rings. The number of rotatable bonds is 20. The summed E-state index contributed by atoms with van der Waals surface area (Å²) < 4.78 is 77.3. The summed E-state index contributed by atoms with van der Waals surface area (Å²) in [5.41, 5.74) is 0. The van der Waals surface area contributed by atoms with Crippen molar-refractivity contribution in [3.05, 3.63) is 0 Å². The van der Waals surface area contributed by atoms with Gasteiger partial charge in [0.05, 0.1) is 19.6 Å². The summed E-state index contributed by atoms with van der Waals surface area (Å²) >= 11 is 0. The molecule has 0 aromatic carbocycles. The van der Waals surface area contributed by atoms with Gasteiger partial charge in [-0.1, -0.05) is 0 Å². The molecule has 13 N–H and O–H groups in total. The van der Waals surface area contributed by atoms with Crippen LogP contribution in [-0.2, 0) is 50.0 Å². The van der Waals surface area contributed by atoms with Crippen molar-refractivity contribution >= 4 is 58.8 Å². The van der Waals surface area contributed by atoms with Crippen molar-refractivity contribution in [1.82, 2.24) is 19.8 Å². The normalized spacial score (nSPS) is 22.7. The van der Waals surface area contributed by atoms with Crippen LogP contribution in [0.4, 0.5) is 0 Å². The van der Waals surface area contributed by atoms with Crippen LogP contribution in [0.1, 0.15) is 0 Å². The van der Waals surface area contributed by atoms with Gasteiger partial charge in [-0.05, 0) is 0 Å². The van der Waals surface area contributed by atoms with Gasteiger partial charge in [0.1, 0.15) is 0 Å². The molecule has 0 aliphatic carbocycles. The standard InChI is InChI=1S/C14H39N4O24P7/c19-12(36-43(22)23,37-44(24)25)9-15-1-3-16(10-13(20,38-45(26)27)39-46(28)29)5-7-18(42-49(34)35)8-6-17(4-2-15)11-14(21,40-47(30)31)41-48(32)33/h19-21,26-29,34-35,43-44,47-48H,1-11H2,(H,22,23)(H,24,25)(H,30,31)(H,32,33). The molecule has 0 bridgehead atoms. The Labute approximate surface area is 282 Å². The molecule has 0 radical (unpaired) electrons. The predicted octanol–water partition coefficient (Wildman–Crippen LogP) is -4.66. The molecule has 0 aromatic heterocycles. The van der Waals surface area contributed by atoms with Crippen LogP contribution >= 0.6 is 58.8 Å². The van der Waals surface area contributed by atoms with E-state index in [0.29, 0.717) is 0 Å². The molecule has 1 aliphatic heterocycles. The van der Waals surface area contributed by atoms with Crippen molar-refractivity contribution < 1.29 is 114 Å². The summed E-state index contributed by atoms with van der Waals surface area (Å²) in [5, 5.41) is 32.9. The van der Waals surface area contributed by atoms with E-state index < -0.39 is 96.4 Å². The van der Waals surface area contributed by atoms with Gasteiger partial charge in [-0.15, -0.1) is 0 Å². The van der Waals surface area contributed by atoms with Gasteiger partial charge in [0, 0.05) is 52.4 Å². The maximum absolute atomic E-state index is 11.4. The maximum Gasteiger partial charge on any atom is 0.345 e. The van der Waals surface area contributed by atoms with Crippen molar-refractivity contribution in [3.63, 3.8) is 0 Å². The number of nitrogens with zero attached hydrogens (tertiary/aromatic N) is 4.